The van der Waals surface area contributed by atoms with Gasteiger partial charge in [-0.3, -0.25) is 14.4 Å². The Morgan fingerprint density at radius 3 is 2.58 bits per heavy atom. The molecule has 1 aliphatic carbocycles. The monoisotopic (exact) mass is 536 g/mol. The Labute approximate surface area is 217 Å². The fourth-order valence-corrected chi connectivity index (χ4v) is 5.85. The number of aromatic amines is 1. The average molecular weight is 537 g/mol. The number of nitrogens with two attached hydrogens (primary N) is 1. The average Bonchev–Trinajstić information content (AvgIpc) is 3.70. The van der Waals surface area contributed by atoms with Crippen molar-refractivity contribution < 1.29 is 22.4 Å². The molecule has 2 heterocycles. The molecule has 11 heteroatoms. The lowest BCUT2D eigenvalue weighted by Crippen LogP contribution is -2.35. The van der Waals surface area contributed by atoms with Crippen LogP contribution in [-0.4, -0.2) is 35.0 Å². The molecule has 5 rings (SSSR count). The minimum absolute atomic E-state index is 0.0605. The Morgan fingerprint density at radius 1 is 1.16 bits per heavy atom. The lowest BCUT2D eigenvalue weighted by atomic mass is 10.0. The van der Waals surface area contributed by atoms with Gasteiger partial charge in [0, 0.05) is 39.4 Å². The Kier molecular flexibility index (Phi) is 6.39. The maximum Gasteiger partial charge on any atom is 0.282 e. The third-order valence-electron chi connectivity index (χ3n) is 6.70. The van der Waals surface area contributed by atoms with Crippen molar-refractivity contribution >= 4 is 32.7 Å². The third-order valence-corrected chi connectivity index (χ3v) is 8.51. The van der Waals surface area contributed by atoms with E-state index in [-0.39, 0.29) is 34.5 Å². The van der Waals surface area contributed by atoms with Gasteiger partial charge >= 0.3 is 0 Å². The highest BCUT2D eigenvalue weighted by atomic mass is 32.2. The number of rotatable bonds is 8. The molecule has 0 aliphatic heterocycles. The van der Waals surface area contributed by atoms with E-state index in [1.807, 2.05) is 19.1 Å². The SMILES string of the molecule is CCc1ccc2c(c1)c(-c1ccc[nH]c1=O)c(C(=O)NS(=O)(=O)C1CC1)n2Cc1cc(C(N)=O)ccc1F. The number of carbonyl (C=O) groups is 2. The second kappa shape index (κ2) is 9.56. The molecule has 0 unspecified atom stereocenters. The first-order chi connectivity index (χ1) is 18.1. The van der Waals surface area contributed by atoms with Gasteiger partial charge in [0.05, 0.1) is 11.8 Å². The second-order valence-electron chi connectivity index (χ2n) is 9.27. The van der Waals surface area contributed by atoms with Crippen molar-refractivity contribution in [2.45, 2.75) is 38.0 Å². The predicted molar refractivity (Wildman–Crippen MR) is 141 cm³/mol. The molecule has 2 aromatic heterocycles. The van der Waals surface area contributed by atoms with Gasteiger partial charge in [0.1, 0.15) is 11.5 Å². The van der Waals surface area contributed by atoms with E-state index >= 15 is 0 Å². The van der Waals surface area contributed by atoms with E-state index in [0.29, 0.717) is 30.2 Å². The molecule has 0 saturated heterocycles. The molecule has 4 N–H and O–H groups in total. The number of H-pyrrole nitrogens is 1. The number of sulfonamides is 1. The van der Waals surface area contributed by atoms with Crippen molar-refractivity contribution in [1.29, 1.82) is 0 Å². The summed E-state index contributed by atoms with van der Waals surface area (Å²) in [5, 5.41) is -0.134. The summed E-state index contributed by atoms with van der Waals surface area (Å²) >= 11 is 0. The summed E-state index contributed by atoms with van der Waals surface area (Å²) in [6.07, 6.45) is 3.01. The van der Waals surface area contributed by atoms with Crippen LogP contribution in [0, 0.1) is 5.82 Å². The van der Waals surface area contributed by atoms with Gasteiger partial charge in [0.15, 0.2) is 0 Å². The number of hydrogen-bond donors (Lipinski definition) is 3. The molecule has 4 aromatic rings. The van der Waals surface area contributed by atoms with E-state index in [1.54, 1.807) is 12.1 Å². The first kappa shape index (κ1) is 25.4. The smallest absolute Gasteiger partial charge is 0.282 e. The number of amides is 2. The van der Waals surface area contributed by atoms with Crippen LogP contribution in [0.4, 0.5) is 4.39 Å². The van der Waals surface area contributed by atoms with Gasteiger partial charge < -0.3 is 15.3 Å². The highest BCUT2D eigenvalue weighted by Crippen LogP contribution is 2.36. The maximum absolute atomic E-state index is 14.9. The molecule has 1 saturated carbocycles. The fourth-order valence-electron chi connectivity index (χ4n) is 4.57. The van der Waals surface area contributed by atoms with Gasteiger partial charge in [-0.15, -0.1) is 0 Å². The number of aryl methyl sites for hydroxylation is 1. The van der Waals surface area contributed by atoms with Gasteiger partial charge in [-0.25, -0.2) is 17.5 Å². The lowest BCUT2D eigenvalue weighted by molar-refractivity contribution is 0.0970. The van der Waals surface area contributed by atoms with Crippen LogP contribution in [0.15, 0.2) is 59.5 Å². The topological polar surface area (TPSA) is 144 Å². The normalized spacial score (nSPS) is 13.5. The number of pyridine rings is 1. The van der Waals surface area contributed by atoms with E-state index < -0.39 is 38.5 Å². The molecule has 2 amide bonds. The Balaban J connectivity index is 1.81. The number of nitrogens with one attached hydrogen (secondary N) is 2. The molecule has 1 aliphatic rings. The summed E-state index contributed by atoms with van der Waals surface area (Å²) in [6, 6.07) is 12.2. The maximum atomic E-state index is 14.9. The number of carbonyl (C=O) groups excluding carboxylic acids is 2. The summed E-state index contributed by atoms with van der Waals surface area (Å²) in [7, 11) is -3.94. The molecule has 0 bridgehead atoms. The van der Waals surface area contributed by atoms with E-state index in [0.717, 1.165) is 11.6 Å². The number of primary amides is 1. The van der Waals surface area contributed by atoms with Crippen molar-refractivity contribution in [3.63, 3.8) is 0 Å². The van der Waals surface area contributed by atoms with Crippen molar-refractivity contribution in [3.05, 3.63) is 93.3 Å². The number of aromatic nitrogens is 2. The number of halogens is 1. The van der Waals surface area contributed by atoms with E-state index in [2.05, 4.69) is 9.71 Å². The zero-order chi connectivity index (χ0) is 27.2. The van der Waals surface area contributed by atoms with Gasteiger partial charge in [0.25, 0.3) is 11.5 Å². The van der Waals surface area contributed by atoms with Gasteiger partial charge in [-0.05, 0) is 67.3 Å². The van der Waals surface area contributed by atoms with Crippen LogP contribution in [0.25, 0.3) is 22.0 Å². The highest BCUT2D eigenvalue weighted by molar-refractivity contribution is 7.91. The Bertz CT molecular complexity index is 1770. The third kappa shape index (κ3) is 4.60. The molecule has 0 atom stereocenters. The number of benzene rings is 2. The first-order valence-corrected chi connectivity index (χ1v) is 13.6. The molecule has 1 fully saturated rings. The number of nitrogens with zero attached hydrogens (tertiary/aromatic N) is 1. The highest BCUT2D eigenvalue weighted by Gasteiger charge is 2.38. The largest absolute Gasteiger partial charge is 0.366 e. The van der Waals surface area contributed by atoms with Crippen LogP contribution in [0.5, 0.6) is 0 Å². The molecule has 38 heavy (non-hydrogen) atoms. The summed E-state index contributed by atoms with van der Waals surface area (Å²) in [5.74, 6) is -2.32. The molecule has 2 aromatic carbocycles. The predicted octanol–water partition coefficient (Wildman–Crippen LogP) is 3.07. The number of hydrogen-bond acceptors (Lipinski definition) is 5. The Hall–Kier alpha value is -4.25. The van der Waals surface area contributed by atoms with Gasteiger partial charge in [0.2, 0.25) is 15.9 Å². The van der Waals surface area contributed by atoms with Crippen LogP contribution >= 0.6 is 0 Å². The summed E-state index contributed by atoms with van der Waals surface area (Å²) in [5.41, 5.74) is 6.73. The second-order valence-corrected chi connectivity index (χ2v) is 11.2. The standard InChI is InChI=1S/C27H25FN4O5S/c1-2-15-5-10-22-20(12-15)23(19-4-3-11-30-26(19)34)24(27(35)31-38(36,37)18-7-8-18)32(22)14-17-13-16(25(29)33)6-9-21(17)28/h3-6,9-13,18H,2,7-8,14H2,1H3,(H2,29,33)(H,30,34)(H,31,35). The van der Waals surface area contributed by atoms with Crippen LogP contribution in [0.1, 0.15) is 51.7 Å². The van der Waals surface area contributed by atoms with Crippen LogP contribution in [0.2, 0.25) is 0 Å². The quantitative estimate of drug-likeness (QED) is 0.317. The number of fused-ring (bicyclic) bond motifs is 1. The summed E-state index contributed by atoms with van der Waals surface area (Å²) in [4.78, 5) is 41.0. The van der Waals surface area contributed by atoms with Crippen LogP contribution in [-0.2, 0) is 23.0 Å². The summed E-state index contributed by atoms with van der Waals surface area (Å²) < 4.78 is 44.0. The molecule has 0 spiro atoms. The molecule has 196 valence electrons. The van der Waals surface area contributed by atoms with E-state index in [4.69, 9.17) is 5.73 Å². The van der Waals surface area contributed by atoms with Crippen molar-refractivity contribution in [2.75, 3.05) is 0 Å². The summed E-state index contributed by atoms with van der Waals surface area (Å²) in [6.45, 7) is 1.72. The molecule has 9 nitrogen and oxygen atoms in total. The van der Waals surface area contributed by atoms with Gasteiger partial charge in [-0.1, -0.05) is 13.0 Å². The first-order valence-electron chi connectivity index (χ1n) is 12.1. The Morgan fingerprint density at radius 2 is 1.92 bits per heavy atom. The zero-order valence-corrected chi connectivity index (χ0v) is 21.3. The lowest BCUT2D eigenvalue weighted by Gasteiger charge is -2.14. The minimum Gasteiger partial charge on any atom is -0.366 e. The molecule has 0 radical (unpaired) electrons. The molecular weight excluding hydrogens is 511 g/mol. The van der Waals surface area contributed by atoms with E-state index in [1.165, 1.54) is 29.0 Å². The van der Waals surface area contributed by atoms with Crippen molar-refractivity contribution in [3.8, 4) is 11.1 Å². The van der Waals surface area contributed by atoms with E-state index in [9.17, 15) is 27.2 Å². The zero-order valence-electron chi connectivity index (χ0n) is 20.5. The van der Waals surface area contributed by atoms with Crippen molar-refractivity contribution in [1.82, 2.24) is 14.3 Å². The van der Waals surface area contributed by atoms with Crippen molar-refractivity contribution in [2.24, 2.45) is 5.73 Å². The van der Waals surface area contributed by atoms with Gasteiger partial charge in [-0.2, -0.15) is 0 Å². The minimum atomic E-state index is -3.94. The van der Waals surface area contributed by atoms with Crippen LogP contribution < -0.4 is 16.0 Å². The van der Waals surface area contributed by atoms with Crippen LogP contribution in [0.3, 0.4) is 0 Å². The fraction of sp³-hybridized carbons (Fsp3) is 0.222. The molecular formula is C27H25FN4O5S.